The maximum absolute atomic E-state index is 11.3. The van der Waals surface area contributed by atoms with Gasteiger partial charge in [-0.05, 0) is 13.8 Å². The van der Waals surface area contributed by atoms with E-state index in [1.54, 1.807) is 0 Å². The lowest BCUT2D eigenvalue weighted by molar-refractivity contribution is -0.121. The van der Waals surface area contributed by atoms with Crippen LogP contribution in [-0.2, 0) is 11.3 Å². The fourth-order valence-corrected chi connectivity index (χ4v) is 1.09. The predicted molar refractivity (Wildman–Crippen MR) is 53.3 cm³/mol. The maximum atomic E-state index is 11.3. The minimum absolute atomic E-state index is 0.0341. The van der Waals surface area contributed by atoms with Crippen LogP contribution in [0.2, 0.25) is 0 Å². The molecule has 15 heavy (non-hydrogen) atoms. The van der Waals surface area contributed by atoms with E-state index in [-0.39, 0.29) is 17.6 Å². The van der Waals surface area contributed by atoms with Gasteiger partial charge in [0.2, 0.25) is 5.91 Å². The van der Waals surface area contributed by atoms with Crippen LogP contribution in [0.15, 0.2) is 6.20 Å². The first-order chi connectivity index (χ1) is 7.11. The Morgan fingerprint density at radius 1 is 1.67 bits per heavy atom. The average Bonchev–Trinajstić information content (AvgIpc) is 2.61. The second-order valence-corrected chi connectivity index (χ2v) is 3.50. The molecule has 0 bridgehead atoms. The van der Waals surface area contributed by atoms with Gasteiger partial charge in [-0.2, -0.15) is 0 Å². The van der Waals surface area contributed by atoms with Crippen molar-refractivity contribution >= 4 is 12.2 Å². The molecule has 1 N–H and O–H groups in total. The monoisotopic (exact) mass is 210 g/mol. The highest BCUT2D eigenvalue weighted by molar-refractivity contribution is 5.76. The highest BCUT2D eigenvalue weighted by Crippen LogP contribution is 1.92. The number of hydrogen-bond acceptors (Lipinski definition) is 4. The van der Waals surface area contributed by atoms with Gasteiger partial charge in [0.25, 0.3) is 0 Å². The van der Waals surface area contributed by atoms with Gasteiger partial charge in [0.05, 0.1) is 12.7 Å². The van der Waals surface area contributed by atoms with Gasteiger partial charge in [0, 0.05) is 12.5 Å². The molecule has 0 unspecified atom stereocenters. The molecule has 0 aromatic carbocycles. The lowest BCUT2D eigenvalue weighted by Crippen LogP contribution is -2.30. The van der Waals surface area contributed by atoms with Crippen molar-refractivity contribution in [2.24, 2.45) is 0 Å². The Balaban J connectivity index is 2.36. The van der Waals surface area contributed by atoms with Crippen LogP contribution < -0.4 is 5.32 Å². The summed E-state index contributed by atoms with van der Waals surface area (Å²) in [6.07, 6.45) is 2.47. The van der Waals surface area contributed by atoms with E-state index in [9.17, 15) is 9.59 Å². The minimum Gasteiger partial charge on any atom is -0.354 e. The molecule has 0 aliphatic heterocycles. The van der Waals surface area contributed by atoms with Crippen LogP contribution in [0.4, 0.5) is 0 Å². The molecule has 0 spiro atoms. The van der Waals surface area contributed by atoms with Crippen LogP contribution in [0, 0.1) is 0 Å². The molecule has 1 aromatic heterocycles. The topological polar surface area (TPSA) is 76.9 Å². The molecule has 1 amide bonds. The summed E-state index contributed by atoms with van der Waals surface area (Å²) >= 11 is 0. The van der Waals surface area contributed by atoms with E-state index in [0.29, 0.717) is 19.3 Å². The number of rotatable bonds is 5. The fraction of sp³-hybridized carbons (Fsp3) is 0.556. The van der Waals surface area contributed by atoms with Crippen LogP contribution >= 0.6 is 0 Å². The second kappa shape index (κ2) is 5.23. The van der Waals surface area contributed by atoms with E-state index in [4.69, 9.17) is 0 Å². The zero-order chi connectivity index (χ0) is 11.3. The summed E-state index contributed by atoms with van der Waals surface area (Å²) in [4.78, 5) is 21.6. The number of amides is 1. The van der Waals surface area contributed by atoms with Crippen molar-refractivity contribution in [3.8, 4) is 0 Å². The molecule has 1 heterocycles. The molecule has 0 saturated carbocycles. The maximum Gasteiger partial charge on any atom is 0.222 e. The van der Waals surface area contributed by atoms with Crippen molar-refractivity contribution in [2.45, 2.75) is 32.9 Å². The Labute approximate surface area is 87.7 Å². The minimum atomic E-state index is -0.0341. The van der Waals surface area contributed by atoms with Crippen LogP contribution in [0.25, 0.3) is 0 Å². The number of hydrogen-bond donors (Lipinski definition) is 1. The van der Waals surface area contributed by atoms with Crippen LogP contribution in [0.1, 0.15) is 30.8 Å². The third kappa shape index (κ3) is 3.88. The summed E-state index contributed by atoms with van der Waals surface area (Å²) in [5.74, 6) is -0.0341. The molecule has 82 valence electrons. The van der Waals surface area contributed by atoms with Crippen molar-refractivity contribution in [3.05, 3.63) is 11.9 Å². The molecule has 0 aliphatic rings. The summed E-state index contributed by atoms with van der Waals surface area (Å²) in [6, 6.07) is 0.138. The largest absolute Gasteiger partial charge is 0.354 e. The smallest absolute Gasteiger partial charge is 0.222 e. The zero-order valence-corrected chi connectivity index (χ0v) is 8.80. The van der Waals surface area contributed by atoms with E-state index < -0.39 is 0 Å². The van der Waals surface area contributed by atoms with Crippen molar-refractivity contribution in [1.82, 2.24) is 20.3 Å². The van der Waals surface area contributed by atoms with E-state index in [2.05, 4.69) is 15.6 Å². The van der Waals surface area contributed by atoms with Gasteiger partial charge in [0.15, 0.2) is 6.29 Å². The number of aromatic nitrogens is 3. The van der Waals surface area contributed by atoms with Gasteiger partial charge >= 0.3 is 0 Å². The highest BCUT2D eigenvalue weighted by Gasteiger charge is 2.04. The summed E-state index contributed by atoms with van der Waals surface area (Å²) < 4.78 is 1.48. The SMILES string of the molecule is CC(C)NC(=O)CCn1cc(C=O)nn1. The van der Waals surface area contributed by atoms with Crippen molar-refractivity contribution in [3.63, 3.8) is 0 Å². The zero-order valence-electron chi connectivity index (χ0n) is 8.80. The number of aryl methyl sites for hydroxylation is 1. The first kappa shape index (κ1) is 11.4. The molecular weight excluding hydrogens is 196 g/mol. The number of nitrogens with zero attached hydrogens (tertiary/aromatic N) is 3. The number of nitrogens with one attached hydrogen (secondary N) is 1. The molecule has 6 heteroatoms. The van der Waals surface area contributed by atoms with Gasteiger partial charge in [-0.3, -0.25) is 14.3 Å². The molecule has 0 radical (unpaired) electrons. The third-order valence-electron chi connectivity index (χ3n) is 1.69. The lowest BCUT2D eigenvalue weighted by atomic mass is 10.3. The molecule has 6 nitrogen and oxygen atoms in total. The molecule has 1 aromatic rings. The molecule has 0 saturated heterocycles. The van der Waals surface area contributed by atoms with Crippen LogP contribution in [-0.4, -0.2) is 33.2 Å². The van der Waals surface area contributed by atoms with Gasteiger partial charge in [-0.25, -0.2) is 0 Å². The Kier molecular flexibility index (Phi) is 3.96. The van der Waals surface area contributed by atoms with E-state index >= 15 is 0 Å². The Morgan fingerprint density at radius 3 is 2.93 bits per heavy atom. The summed E-state index contributed by atoms with van der Waals surface area (Å²) in [5.41, 5.74) is 0.277. The molecule has 1 rings (SSSR count). The Hall–Kier alpha value is -1.72. The average molecular weight is 210 g/mol. The van der Waals surface area contributed by atoms with Gasteiger partial charge in [0.1, 0.15) is 5.69 Å². The summed E-state index contributed by atoms with van der Waals surface area (Å²) in [6.45, 7) is 4.23. The molecule has 0 fully saturated rings. The molecule has 0 atom stereocenters. The highest BCUT2D eigenvalue weighted by atomic mass is 16.1. The first-order valence-corrected chi connectivity index (χ1v) is 4.76. The van der Waals surface area contributed by atoms with E-state index in [1.807, 2.05) is 13.8 Å². The second-order valence-electron chi connectivity index (χ2n) is 3.50. The summed E-state index contributed by atoms with van der Waals surface area (Å²) in [7, 11) is 0. The first-order valence-electron chi connectivity index (χ1n) is 4.76. The molecular formula is C9H14N4O2. The van der Waals surface area contributed by atoms with Gasteiger partial charge in [-0.1, -0.05) is 5.21 Å². The quantitative estimate of drug-likeness (QED) is 0.694. The third-order valence-corrected chi connectivity index (χ3v) is 1.69. The number of carbonyl (C=O) groups excluding carboxylic acids is 2. The summed E-state index contributed by atoms with van der Waals surface area (Å²) in [5, 5.41) is 10.0. The van der Waals surface area contributed by atoms with Gasteiger partial charge in [-0.15, -0.1) is 5.10 Å². The lowest BCUT2D eigenvalue weighted by Gasteiger charge is -2.07. The van der Waals surface area contributed by atoms with Crippen molar-refractivity contribution in [1.29, 1.82) is 0 Å². The Morgan fingerprint density at radius 2 is 2.40 bits per heavy atom. The van der Waals surface area contributed by atoms with Crippen LogP contribution in [0.5, 0.6) is 0 Å². The van der Waals surface area contributed by atoms with Gasteiger partial charge < -0.3 is 5.32 Å². The van der Waals surface area contributed by atoms with E-state index in [0.717, 1.165) is 0 Å². The number of aldehydes is 1. The molecule has 0 aliphatic carbocycles. The Bertz CT molecular complexity index is 346. The van der Waals surface area contributed by atoms with E-state index in [1.165, 1.54) is 10.9 Å². The van der Waals surface area contributed by atoms with Crippen molar-refractivity contribution in [2.75, 3.05) is 0 Å². The predicted octanol–water partition coefficient (Wildman–Crippen LogP) is 0.00530. The normalized spacial score (nSPS) is 10.3. The number of carbonyl (C=O) groups is 2. The van der Waals surface area contributed by atoms with Crippen LogP contribution in [0.3, 0.4) is 0 Å². The van der Waals surface area contributed by atoms with Crippen molar-refractivity contribution < 1.29 is 9.59 Å². The standard InChI is InChI=1S/C9H14N4O2/c1-7(2)10-9(15)3-4-13-5-8(6-14)11-12-13/h5-7H,3-4H2,1-2H3,(H,10,15). The fourth-order valence-electron chi connectivity index (χ4n) is 1.09.